The fourth-order valence-corrected chi connectivity index (χ4v) is 4.16. The average molecular weight is 478 g/mol. The summed E-state index contributed by atoms with van der Waals surface area (Å²) in [7, 11) is 0. The lowest BCUT2D eigenvalue weighted by Gasteiger charge is -2.17. The summed E-state index contributed by atoms with van der Waals surface area (Å²) in [5.41, 5.74) is 11.0. The first-order chi connectivity index (χ1) is 16.8. The molecule has 8 heteroatoms. The first-order valence-electron chi connectivity index (χ1n) is 11.8. The average Bonchev–Trinajstić information content (AvgIpc) is 3.55. The van der Waals surface area contributed by atoms with Crippen molar-refractivity contribution in [3.63, 3.8) is 0 Å². The number of pyridine rings is 1. The number of primary amides is 1. The minimum absolute atomic E-state index is 0.286. The number of nitrogens with zero attached hydrogens (tertiary/aromatic N) is 1. The van der Waals surface area contributed by atoms with Gasteiger partial charge in [0.2, 0.25) is 5.91 Å². The molecule has 0 bridgehead atoms. The molecule has 0 aliphatic heterocycles. The first-order valence-corrected chi connectivity index (χ1v) is 11.8. The number of benzene rings is 2. The fourth-order valence-electron chi connectivity index (χ4n) is 4.16. The van der Waals surface area contributed by atoms with Gasteiger partial charge in [0.1, 0.15) is 23.8 Å². The predicted molar refractivity (Wildman–Crippen MR) is 131 cm³/mol. The van der Waals surface area contributed by atoms with E-state index in [0.29, 0.717) is 19.4 Å². The third kappa shape index (κ3) is 5.61. The summed E-state index contributed by atoms with van der Waals surface area (Å²) >= 11 is 0. The number of carbonyl (C=O) groups is 2. The number of nitrogens with two attached hydrogens (primary N) is 1. The van der Waals surface area contributed by atoms with Crippen molar-refractivity contribution in [3.05, 3.63) is 71.4 Å². The van der Waals surface area contributed by atoms with Crippen LogP contribution in [0.25, 0.3) is 10.9 Å². The molecule has 1 aliphatic carbocycles. The molecule has 1 saturated carbocycles. The molecule has 3 N–H and O–H groups in total. The smallest absolute Gasteiger partial charge is 0.315 e. The fraction of sp³-hybridized carbons (Fsp3) is 0.370. The van der Waals surface area contributed by atoms with Gasteiger partial charge in [-0.3, -0.25) is 19.4 Å². The van der Waals surface area contributed by atoms with Gasteiger partial charge in [0.05, 0.1) is 18.2 Å². The molecule has 0 spiro atoms. The number of nitrogens with one attached hydrogen (secondary N) is 1. The van der Waals surface area contributed by atoms with Crippen LogP contribution in [-0.2, 0) is 32.2 Å². The maximum atomic E-state index is 12.7. The first kappa shape index (κ1) is 24.6. The van der Waals surface area contributed by atoms with Crippen molar-refractivity contribution in [1.29, 1.82) is 0 Å². The van der Waals surface area contributed by atoms with E-state index in [1.165, 1.54) is 0 Å². The van der Waals surface area contributed by atoms with Crippen LogP contribution in [0.2, 0.25) is 0 Å². The summed E-state index contributed by atoms with van der Waals surface area (Å²) < 4.78 is 11.4. The van der Waals surface area contributed by atoms with Crippen LogP contribution < -0.4 is 16.0 Å². The molecule has 1 aromatic heterocycles. The van der Waals surface area contributed by atoms with Gasteiger partial charge in [0.15, 0.2) is 0 Å². The van der Waals surface area contributed by atoms with E-state index in [-0.39, 0.29) is 12.6 Å². The van der Waals surface area contributed by atoms with Crippen LogP contribution in [0.5, 0.6) is 5.75 Å². The Hall–Kier alpha value is -3.49. The topological polar surface area (TPSA) is 113 Å². The predicted octanol–water partition coefficient (Wildman–Crippen LogP) is 3.38. The Morgan fingerprint density at radius 1 is 1.20 bits per heavy atom. The lowest BCUT2D eigenvalue weighted by molar-refractivity contribution is -0.153. The number of carbonyl (C=O) groups excluding carboxylic acids is 2. The Labute approximate surface area is 204 Å². The van der Waals surface area contributed by atoms with Crippen LogP contribution in [0.3, 0.4) is 0 Å². The van der Waals surface area contributed by atoms with Gasteiger partial charge < -0.3 is 15.2 Å². The van der Waals surface area contributed by atoms with Gasteiger partial charge in [-0.1, -0.05) is 30.3 Å². The Bertz CT molecular complexity index is 1210. The maximum Gasteiger partial charge on any atom is 0.315 e. The number of esters is 1. The Morgan fingerprint density at radius 2 is 1.94 bits per heavy atom. The maximum absolute atomic E-state index is 12.7. The zero-order chi connectivity index (χ0) is 25.0. The van der Waals surface area contributed by atoms with Crippen molar-refractivity contribution in [1.82, 2.24) is 10.5 Å². The molecule has 0 radical (unpaired) electrons. The number of hydrogen-bond acceptors (Lipinski definition) is 7. The molecule has 1 heterocycles. The highest BCUT2D eigenvalue weighted by Crippen LogP contribution is 2.51. The highest BCUT2D eigenvalue weighted by molar-refractivity contribution is 5.83. The molecule has 1 aliphatic rings. The zero-order valence-electron chi connectivity index (χ0n) is 20.2. The van der Waals surface area contributed by atoms with E-state index in [4.69, 9.17) is 20.0 Å². The number of para-hydroxylation sites is 1. The second-order valence-corrected chi connectivity index (χ2v) is 8.98. The van der Waals surface area contributed by atoms with Gasteiger partial charge in [0.25, 0.3) is 0 Å². The molecule has 3 atom stereocenters. The molecule has 4 rings (SSSR count). The van der Waals surface area contributed by atoms with Crippen molar-refractivity contribution >= 4 is 22.8 Å². The number of ether oxygens (including phenoxy) is 2. The number of amides is 1. The molecule has 1 fully saturated rings. The quantitative estimate of drug-likeness (QED) is 0.322. The van der Waals surface area contributed by atoms with E-state index in [1.54, 1.807) is 13.8 Å². The summed E-state index contributed by atoms with van der Waals surface area (Å²) in [4.78, 5) is 34.2. The SMILES string of the molecule is CCOC(=O)[C@@]1(Cc2ccc(OCc3cc(C)nc4ccccc34)cc2)C[C@@H]1ON[C@@H](C)C(N)=O. The van der Waals surface area contributed by atoms with Crippen LogP contribution in [0.15, 0.2) is 54.6 Å². The number of rotatable bonds is 11. The molecule has 1 amide bonds. The standard InChI is InChI=1S/C27H31N3O5/c1-4-33-26(32)27(15-24(27)35-30-18(3)25(28)31)14-19-9-11-21(12-10-19)34-16-20-13-17(2)29-23-8-6-5-7-22(20)23/h5-13,18,24,30H,4,14-16H2,1-3H3,(H2,28,31)/t18-,24-,27-/m0/s1. The molecule has 2 aromatic carbocycles. The van der Waals surface area contributed by atoms with Crippen LogP contribution in [-0.4, -0.2) is 35.6 Å². The summed E-state index contributed by atoms with van der Waals surface area (Å²) in [6, 6.07) is 17.1. The van der Waals surface area contributed by atoms with Crippen molar-refractivity contribution in [3.8, 4) is 5.75 Å². The third-order valence-electron chi connectivity index (χ3n) is 6.27. The summed E-state index contributed by atoms with van der Waals surface area (Å²) in [6.07, 6.45) is 0.553. The Morgan fingerprint density at radius 3 is 2.66 bits per heavy atom. The molecule has 0 unspecified atom stereocenters. The van der Waals surface area contributed by atoms with E-state index in [1.807, 2.05) is 61.5 Å². The minimum Gasteiger partial charge on any atom is -0.489 e. The van der Waals surface area contributed by atoms with Gasteiger partial charge in [-0.15, -0.1) is 0 Å². The largest absolute Gasteiger partial charge is 0.489 e. The van der Waals surface area contributed by atoms with E-state index in [0.717, 1.165) is 33.5 Å². The summed E-state index contributed by atoms with van der Waals surface area (Å²) in [5, 5.41) is 1.07. The number of fused-ring (bicyclic) bond motifs is 1. The Balaban J connectivity index is 1.41. The monoisotopic (exact) mass is 477 g/mol. The minimum atomic E-state index is -0.795. The van der Waals surface area contributed by atoms with Crippen LogP contribution in [0.1, 0.15) is 37.1 Å². The van der Waals surface area contributed by atoms with Crippen molar-refractivity contribution in [2.45, 2.75) is 52.4 Å². The van der Waals surface area contributed by atoms with E-state index < -0.39 is 23.5 Å². The lowest BCUT2D eigenvalue weighted by atomic mass is 9.96. The van der Waals surface area contributed by atoms with Crippen LogP contribution in [0.4, 0.5) is 0 Å². The van der Waals surface area contributed by atoms with Crippen molar-refractivity contribution in [2.75, 3.05) is 6.61 Å². The third-order valence-corrected chi connectivity index (χ3v) is 6.27. The molecule has 35 heavy (non-hydrogen) atoms. The summed E-state index contributed by atoms with van der Waals surface area (Å²) in [5.74, 6) is -0.102. The second-order valence-electron chi connectivity index (χ2n) is 8.98. The van der Waals surface area contributed by atoms with Crippen LogP contribution >= 0.6 is 0 Å². The molecule has 8 nitrogen and oxygen atoms in total. The van der Waals surface area contributed by atoms with Gasteiger partial charge >= 0.3 is 5.97 Å². The lowest BCUT2D eigenvalue weighted by Crippen LogP contribution is -2.40. The van der Waals surface area contributed by atoms with Crippen LogP contribution in [0, 0.1) is 12.3 Å². The molecule has 184 valence electrons. The molecule has 0 saturated heterocycles. The van der Waals surface area contributed by atoms with E-state index in [2.05, 4.69) is 10.5 Å². The normalized spacial score (nSPS) is 19.8. The van der Waals surface area contributed by atoms with Gasteiger partial charge in [-0.05, 0) is 63.4 Å². The highest BCUT2D eigenvalue weighted by atomic mass is 16.7. The summed E-state index contributed by atoms with van der Waals surface area (Å²) in [6.45, 7) is 6.06. The zero-order valence-corrected chi connectivity index (χ0v) is 20.2. The Kier molecular flexibility index (Phi) is 7.33. The van der Waals surface area contributed by atoms with E-state index >= 15 is 0 Å². The van der Waals surface area contributed by atoms with Gasteiger partial charge in [-0.2, -0.15) is 5.48 Å². The molecular formula is C27H31N3O5. The number of aryl methyl sites for hydroxylation is 1. The van der Waals surface area contributed by atoms with Crippen molar-refractivity contribution in [2.24, 2.45) is 11.1 Å². The number of hydrogen-bond donors (Lipinski definition) is 2. The van der Waals surface area contributed by atoms with Crippen molar-refractivity contribution < 1.29 is 23.9 Å². The highest BCUT2D eigenvalue weighted by Gasteiger charge is 2.63. The second kappa shape index (κ2) is 10.4. The molecular weight excluding hydrogens is 446 g/mol. The molecule has 3 aromatic rings. The van der Waals surface area contributed by atoms with Gasteiger partial charge in [0, 0.05) is 16.6 Å². The van der Waals surface area contributed by atoms with Gasteiger partial charge in [-0.25, -0.2) is 0 Å². The van der Waals surface area contributed by atoms with E-state index in [9.17, 15) is 9.59 Å². The number of hydroxylamine groups is 1. The number of aromatic nitrogens is 1.